The normalized spacial score (nSPS) is 9.29. The van der Waals surface area contributed by atoms with Gasteiger partial charge in [-0.15, -0.1) is 0 Å². The Bertz CT molecular complexity index is 197. The summed E-state index contributed by atoms with van der Waals surface area (Å²) in [6, 6.07) is 0. The first kappa shape index (κ1) is 4.18. The van der Waals surface area contributed by atoms with Crippen LogP contribution in [0.15, 0.2) is 21.7 Å². The van der Waals surface area contributed by atoms with Crippen molar-refractivity contribution < 1.29 is 4.42 Å². The predicted molar refractivity (Wildman–Crippen MR) is 23.9 cm³/mol. The summed E-state index contributed by atoms with van der Waals surface area (Å²) in [6.07, 6.45) is 2.91. The third-order valence-corrected chi connectivity index (χ3v) is 0.741. The molecule has 0 saturated heterocycles. The number of hydrogen-bond donors (Lipinski definition) is 0. The molecule has 0 saturated carbocycles. The van der Waals surface area contributed by atoms with Gasteiger partial charge in [0.1, 0.15) is 6.26 Å². The summed E-state index contributed by atoms with van der Waals surface area (Å²) in [4.78, 5) is 10.2. The molecule has 1 aromatic heterocycles. The van der Waals surface area contributed by atoms with Crippen LogP contribution in [0.3, 0.4) is 0 Å². The van der Waals surface area contributed by atoms with Gasteiger partial charge in [-0.25, -0.2) is 4.79 Å². The molecule has 0 fully saturated rings. The predicted octanol–water partition coefficient (Wildman–Crippen LogP) is -0.0217. The highest BCUT2D eigenvalue weighted by Gasteiger charge is 1.84. The number of oxazole rings is 1. The zero-order chi connectivity index (χ0) is 5.28. The Morgan fingerprint density at radius 1 is 1.86 bits per heavy atom. The van der Waals surface area contributed by atoms with Crippen LogP contribution in [0.5, 0.6) is 0 Å². The van der Waals surface area contributed by atoms with Gasteiger partial charge in [0.15, 0.2) is 0 Å². The highest BCUT2D eigenvalue weighted by atomic mass is 16.4. The molecule has 3 heteroatoms. The summed E-state index contributed by atoms with van der Waals surface area (Å²) in [6.45, 7) is 0. The van der Waals surface area contributed by atoms with E-state index in [1.807, 2.05) is 0 Å². The maximum atomic E-state index is 10.2. The number of rotatable bonds is 0. The van der Waals surface area contributed by atoms with Crippen LogP contribution in [-0.4, -0.2) is 4.57 Å². The zero-order valence-electron chi connectivity index (χ0n) is 3.92. The Balaban J connectivity index is 3.39. The van der Waals surface area contributed by atoms with Gasteiger partial charge < -0.3 is 4.42 Å². The minimum atomic E-state index is -0.319. The number of nitrogens with zero attached hydrogens (tertiary/aromatic N) is 1. The third kappa shape index (κ3) is 0.559. The molecular formula is C4H5NO2. The average molecular weight is 99.1 g/mol. The standard InChI is InChI=1S/C4H5NO2/c1-5-2-3-7-4(5)6/h2-3H,1H3. The van der Waals surface area contributed by atoms with Crippen LogP contribution in [0.25, 0.3) is 0 Å². The van der Waals surface area contributed by atoms with Gasteiger partial charge in [-0.05, 0) is 0 Å². The second kappa shape index (κ2) is 1.26. The molecule has 1 aromatic rings. The van der Waals surface area contributed by atoms with Crippen LogP contribution >= 0.6 is 0 Å². The van der Waals surface area contributed by atoms with Gasteiger partial charge in [0.05, 0.1) is 0 Å². The number of aryl methyl sites for hydroxylation is 1. The molecule has 3 nitrogen and oxygen atoms in total. The summed E-state index contributed by atoms with van der Waals surface area (Å²) in [5.41, 5.74) is 0. The maximum absolute atomic E-state index is 10.2. The second-order valence-corrected chi connectivity index (χ2v) is 1.28. The molecule has 38 valence electrons. The van der Waals surface area contributed by atoms with E-state index in [9.17, 15) is 4.79 Å². The van der Waals surface area contributed by atoms with E-state index in [2.05, 4.69) is 4.42 Å². The lowest BCUT2D eigenvalue weighted by molar-refractivity contribution is 0.494. The molecule has 0 atom stereocenters. The fourth-order valence-electron chi connectivity index (χ4n) is 0.324. The monoisotopic (exact) mass is 99.0 g/mol. The van der Waals surface area contributed by atoms with Crippen LogP contribution in [-0.2, 0) is 7.05 Å². The first-order valence-electron chi connectivity index (χ1n) is 1.91. The second-order valence-electron chi connectivity index (χ2n) is 1.28. The van der Waals surface area contributed by atoms with E-state index in [1.165, 1.54) is 10.8 Å². The third-order valence-electron chi connectivity index (χ3n) is 0.741. The Hall–Kier alpha value is -0.990. The van der Waals surface area contributed by atoms with Crippen molar-refractivity contribution in [1.29, 1.82) is 0 Å². The molecule has 1 heterocycles. The van der Waals surface area contributed by atoms with Crippen LogP contribution in [0.2, 0.25) is 0 Å². The molecule has 0 amide bonds. The minimum absolute atomic E-state index is 0.319. The maximum Gasteiger partial charge on any atom is 0.418 e. The van der Waals surface area contributed by atoms with E-state index in [-0.39, 0.29) is 5.76 Å². The largest absolute Gasteiger partial charge is 0.418 e. The zero-order valence-corrected chi connectivity index (χ0v) is 3.92. The van der Waals surface area contributed by atoms with E-state index in [4.69, 9.17) is 0 Å². The van der Waals surface area contributed by atoms with Gasteiger partial charge in [-0.2, -0.15) is 0 Å². The van der Waals surface area contributed by atoms with Crippen molar-refractivity contribution in [3.63, 3.8) is 0 Å². The first-order chi connectivity index (χ1) is 3.30. The molecule has 0 N–H and O–H groups in total. The van der Waals surface area contributed by atoms with Gasteiger partial charge >= 0.3 is 5.76 Å². The smallest absolute Gasteiger partial charge is 0.416 e. The van der Waals surface area contributed by atoms with E-state index in [1.54, 1.807) is 13.2 Å². The molecule has 0 unspecified atom stereocenters. The topological polar surface area (TPSA) is 35.1 Å². The molecule has 7 heavy (non-hydrogen) atoms. The molecule has 0 aromatic carbocycles. The van der Waals surface area contributed by atoms with Crippen molar-refractivity contribution in [2.75, 3.05) is 0 Å². The van der Waals surface area contributed by atoms with E-state index in [0.29, 0.717) is 0 Å². The molecule has 0 aliphatic carbocycles. The lowest BCUT2D eigenvalue weighted by atomic mass is 10.9. The van der Waals surface area contributed by atoms with Crippen molar-refractivity contribution in [3.8, 4) is 0 Å². The Kier molecular flexibility index (Phi) is 0.749. The Morgan fingerprint density at radius 2 is 2.57 bits per heavy atom. The molecular weight excluding hydrogens is 94.0 g/mol. The Labute approximate surface area is 40.2 Å². The van der Waals surface area contributed by atoms with Gasteiger partial charge in [-0.3, -0.25) is 4.57 Å². The fourth-order valence-corrected chi connectivity index (χ4v) is 0.324. The quantitative estimate of drug-likeness (QED) is 0.458. The van der Waals surface area contributed by atoms with E-state index < -0.39 is 0 Å². The first-order valence-corrected chi connectivity index (χ1v) is 1.91. The van der Waals surface area contributed by atoms with Gasteiger partial charge in [0.25, 0.3) is 0 Å². The lowest BCUT2D eigenvalue weighted by Crippen LogP contribution is -2.06. The van der Waals surface area contributed by atoms with Crippen molar-refractivity contribution in [2.45, 2.75) is 0 Å². The van der Waals surface area contributed by atoms with Crippen molar-refractivity contribution in [1.82, 2.24) is 4.57 Å². The van der Waals surface area contributed by atoms with Crippen LogP contribution in [0.1, 0.15) is 0 Å². The van der Waals surface area contributed by atoms with Crippen molar-refractivity contribution >= 4 is 0 Å². The van der Waals surface area contributed by atoms with Gasteiger partial charge in [0, 0.05) is 13.2 Å². The summed E-state index contributed by atoms with van der Waals surface area (Å²) in [5, 5.41) is 0. The molecule has 0 spiro atoms. The highest BCUT2D eigenvalue weighted by Crippen LogP contribution is 1.71. The average Bonchev–Trinajstić information content (AvgIpc) is 1.91. The molecule has 0 aliphatic rings. The molecule has 0 radical (unpaired) electrons. The van der Waals surface area contributed by atoms with Gasteiger partial charge in [0.2, 0.25) is 0 Å². The van der Waals surface area contributed by atoms with Crippen LogP contribution in [0, 0.1) is 0 Å². The highest BCUT2D eigenvalue weighted by molar-refractivity contribution is 4.65. The summed E-state index contributed by atoms with van der Waals surface area (Å²) < 4.78 is 5.73. The fraction of sp³-hybridized carbons (Fsp3) is 0.250. The minimum Gasteiger partial charge on any atom is -0.416 e. The number of hydrogen-bond acceptors (Lipinski definition) is 2. The molecule has 0 aliphatic heterocycles. The van der Waals surface area contributed by atoms with Gasteiger partial charge in [-0.1, -0.05) is 0 Å². The van der Waals surface area contributed by atoms with Crippen LogP contribution < -0.4 is 5.76 Å². The molecule has 1 rings (SSSR count). The van der Waals surface area contributed by atoms with Crippen LogP contribution in [0.4, 0.5) is 0 Å². The van der Waals surface area contributed by atoms with Crippen molar-refractivity contribution in [2.24, 2.45) is 7.05 Å². The summed E-state index contributed by atoms with van der Waals surface area (Å²) in [7, 11) is 1.63. The van der Waals surface area contributed by atoms with E-state index >= 15 is 0 Å². The van der Waals surface area contributed by atoms with E-state index in [0.717, 1.165) is 0 Å². The SMILES string of the molecule is Cn1ccoc1=O. The summed E-state index contributed by atoms with van der Waals surface area (Å²) >= 11 is 0. The van der Waals surface area contributed by atoms with Crippen molar-refractivity contribution in [3.05, 3.63) is 23.0 Å². The lowest BCUT2D eigenvalue weighted by Gasteiger charge is -1.74. The number of aromatic nitrogens is 1. The Morgan fingerprint density at radius 3 is 2.71 bits per heavy atom. The molecule has 0 bridgehead atoms. The summed E-state index contributed by atoms with van der Waals surface area (Å²) in [5.74, 6) is -0.319.